The van der Waals surface area contributed by atoms with Crippen LogP contribution in [0.4, 0.5) is 5.69 Å². The van der Waals surface area contributed by atoms with Gasteiger partial charge in [0.2, 0.25) is 5.91 Å². The number of hydrogen-bond donors (Lipinski definition) is 2. The summed E-state index contributed by atoms with van der Waals surface area (Å²) in [5, 5.41) is 12.1. The van der Waals surface area contributed by atoms with Gasteiger partial charge in [-0.2, -0.15) is 0 Å². The van der Waals surface area contributed by atoms with Gasteiger partial charge in [0.15, 0.2) is 0 Å². The van der Waals surface area contributed by atoms with Crippen LogP contribution in [0.25, 0.3) is 0 Å². The molecule has 0 aromatic heterocycles. The first-order valence-electron chi connectivity index (χ1n) is 4.75. The standard InChI is InChI=1S/C11H14BrNO2/c1-7(2)10(12)11(15)13-8-5-3-4-6-9(8)14/h3-7,10,14H,1-2H3,(H,13,15). The highest BCUT2D eigenvalue weighted by Gasteiger charge is 2.19. The summed E-state index contributed by atoms with van der Waals surface area (Å²) in [6, 6.07) is 6.66. The number of carbonyl (C=O) groups is 1. The number of phenols is 1. The molecule has 0 fully saturated rings. The maximum atomic E-state index is 11.6. The quantitative estimate of drug-likeness (QED) is 0.656. The Morgan fingerprint density at radius 3 is 2.53 bits per heavy atom. The maximum Gasteiger partial charge on any atom is 0.238 e. The Morgan fingerprint density at radius 1 is 1.40 bits per heavy atom. The third kappa shape index (κ3) is 3.23. The highest BCUT2D eigenvalue weighted by molar-refractivity contribution is 9.10. The van der Waals surface area contributed by atoms with Crippen molar-refractivity contribution in [3.63, 3.8) is 0 Å². The molecule has 1 unspecified atom stereocenters. The van der Waals surface area contributed by atoms with Crippen LogP contribution in [0, 0.1) is 5.92 Å². The second kappa shape index (κ2) is 5.16. The minimum absolute atomic E-state index is 0.0781. The number of para-hydroxylation sites is 2. The third-order valence-electron chi connectivity index (χ3n) is 2.00. The molecule has 0 aliphatic heterocycles. The van der Waals surface area contributed by atoms with Crippen LogP contribution in [-0.4, -0.2) is 15.8 Å². The number of phenolic OH excluding ortho intramolecular Hbond substituents is 1. The number of nitrogens with one attached hydrogen (secondary N) is 1. The van der Waals surface area contributed by atoms with E-state index >= 15 is 0 Å². The molecule has 0 radical (unpaired) electrons. The van der Waals surface area contributed by atoms with Crippen LogP contribution in [0.2, 0.25) is 0 Å². The number of alkyl halides is 1. The average molecular weight is 272 g/mol. The van der Waals surface area contributed by atoms with Crippen molar-refractivity contribution in [3.05, 3.63) is 24.3 Å². The molecule has 0 saturated heterocycles. The molecule has 0 saturated carbocycles. The van der Waals surface area contributed by atoms with E-state index in [1.807, 2.05) is 13.8 Å². The van der Waals surface area contributed by atoms with Crippen LogP contribution in [0.1, 0.15) is 13.8 Å². The van der Waals surface area contributed by atoms with Gasteiger partial charge in [-0.25, -0.2) is 0 Å². The average Bonchev–Trinajstić information content (AvgIpc) is 2.20. The molecular weight excluding hydrogens is 258 g/mol. The van der Waals surface area contributed by atoms with Crippen LogP contribution in [0.5, 0.6) is 5.75 Å². The molecule has 82 valence electrons. The Balaban J connectivity index is 2.71. The summed E-state index contributed by atoms with van der Waals surface area (Å²) in [5.41, 5.74) is 0.438. The number of carbonyl (C=O) groups excluding carboxylic acids is 1. The summed E-state index contributed by atoms with van der Waals surface area (Å²) in [5.74, 6) is 0.136. The van der Waals surface area contributed by atoms with E-state index < -0.39 is 0 Å². The highest BCUT2D eigenvalue weighted by atomic mass is 79.9. The minimum atomic E-state index is -0.253. The van der Waals surface area contributed by atoms with Gasteiger partial charge in [0.05, 0.1) is 10.5 Å². The van der Waals surface area contributed by atoms with Crippen molar-refractivity contribution >= 4 is 27.5 Å². The molecule has 15 heavy (non-hydrogen) atoms. The van der Waals surface area contributed by atoms with Gasteiger partial charge in [0.25, 0.3) is 0 Å². The second-order valence-corrected chi connectivity index (χ2v) is 4.64. The van der Waals surface area contributed by atoms with Crippen molar-refractivity contribution in [2.75, 3.05) is 5.32 Å². The number of amides is 1. The molecule has 1 rings (SSSR count). The van der Waals surface area contributed by atoms with Gasteiger partial charge < -0.3 is 10.4 Å². The van der Waals surface area contributed by atoms with Crippen molar-refractivity contribution in [1.29, 1.82) is 0 Å². The SMILES string of the molecule is CC(C)C(Br)C(=O)Nc1ccccc1O. The molecule has 1 amide bonds. The van der Waals surface area contributed by atoms with Crippen LogP contribution in [-0.2, 0) is 4.79 Å². The summed E-state index contributed by atoms with van der Waals surface area (Å²) in [6.45, 7) is 3.90. The zero-order valence-corrected chi connectivity index (χ0v) is 10.3. The number of hydrogen-bond acceptors (Lipinski definition) is 2. The molecule has 1 aromatic rings. The largest absolute Gasteiger partial charge is 0.506 e. The van der Waals surface area contributed by atoms with E-state index in [2.05, 4.69) is 21.2 Å². The van der Waals surface area contributed by atoms with Crippen LogP contribution in [0.3, 0.4) is 0 Å². The summed E-state index contributed by atoms with van der Waals surface area (Å²) >= 11 is 3.30. The Hall–Kier alpha value is -1.03. The number of benzene rings is 1. The fourth-order valence-corrected chi connectivity index (χ4v) is 1.20. The Kier molecular flexibility index (Phi) is 4.15. The summed E-state index contributed by atoms with van der Waals surface area (Å²) in [7, 11) is 0. The smallest absolute Gasteiger partial charge is 0.238 e. The normalized spacial score (nSPS) is 12.5. The summed E-state index contributed by atoms with van der Waals surface area (Å²) in [4.78, 5) is 11.4. The molecule has 1 aromatic carbocycles. The van der Waals surface area contributed by atoms with Crippen molar-refractivity contribution in [2.45, 2.75) is 18.7 Å². The lowest BCUT2D eigenvalue weighted by molar-refractivity contribution is -0.116. The molecule has 0 bridgehead atoms. The first-order valence-corrected chi connectivity index (χ1v) is 5.67. The lowest BCUT2D eigenvalue weighted by Crippen LogP contribution is -2.26. The third-order valence-corrected chi connectivity index (χ3v) is 3.47. The molecule has 3 nitrogen and oxygen atoms in total. The lowest BCUT2D eigenvalue weighted by Gasteiger charge is -2.14. The highest BCUT2D eigenvalue weighted by Crippen LogP contribution is 2.23. The predicted octanol–water partition coefficient (Wildman–Crippen LogP) is 2.75. The number of anilines is 1. The number of halogens is 1. The Bertz CT molecular complexity index is 352. The van der Waals surface area contributed by atoms with Crippen LogP contribution in [0.15, 0.2) is 24.3 Å². The van der Waals surface area contributed by atoms with Gasteiger partial charge in [-0.3, -0.25) is 4.79 Å². The molecule has 1 atom stereocenters. The van der Waals surface area contributed by atoms with Gasteiger partial charge in [0, 0.05) is 0 Å². The van der Waals surface area contributed by atoms with Crippen molar-refractivity contribution in [1.82, 2.24) is 0 Å². The summed E-state index contributed by atoms with van der Waals surface area (Å²) in [6.07, 6.45) is 0. The van der Waals surface area contributed by atoms with E-state index in [4.69, 9.17) is 0 Å². The number of rotatable bonds is 3. The molecule has 0 aliphatic rings. The lowest BCUT2D eigenvalue weighted by atomic mass is 10.1. The van der Waals surface area contributed by atoms with Gasteiger partial charge in [-0.05, 0) is 18.1 Å². The van der Waals surface area contributed by atoms with E-state index in [1.165, 1.54) is 6.07 Å². The topological polar surface area (TPSA) is 49.3 Å². The number of aromatic hydroxyl groups is 1. The molecule has 0 spiro atoms. The molecule has 0 aliphatic carbocycles. The Labute approximate surface area is 97.6 Å². The maximum absolute atomic E-state index is 11.6. The monoisotopic (exact) mass is 271 g/mol. The minimum Gasteiger partial charge on any atom is -0.506 e. The molecular formula is C11H14BrNO2. The van der Waals surface area contributed by atoms with Gasteiger partial charge in [-0.1, -0.05) is 41.9 Å². The van der Waals surface area contributed by atoms with E-state index in [0.29, 0.717) is 5.69 Å². The van der Waals surface area contributed by atoms with Crippen LogP contribution >= 0.6 is 15.9 Å². The molecule has 4 heteroatoms. The van der Waals surface area contributed by atoms with Gasteiger partial charge in [-0.15, -0.1) is 0 Å². The van der Waals surface area contributed by atoms with Gasteiger partial charge in [0.1, 0.15) is 5.75 Å². The summed E-state index contributed by atoms with van der Waals surface area (Å²) < 4.78 is 0. The van der Waals surface area contributed by atoms with Crippen molar-refractivity contribution in [3.8, 4) is 5.75 Å². The van der Waals surface area contributed by atoms with E-state index in [-0.39, 0.29) is 22.4 Å². The van der Waals surface area contributed by atoms with Crippen LogP contribution < -0.4 is 5.32 Å². The first kappa shape index (κ1) is 12.0. The predicted molar refractivity (Wildman–Crippen MR) is 64.3 cm³/mol. The zero-order valence-electron chi connectivity index (χ0n) is 8.70. The van der Waals surface area contributed by atoms with Crippen molar-refractivity contribution in [2.24, 2.45) is 5.92 Å². The van der Waals surface area contributed by atoms with E-state index in [9.17, 15) is 9.90 Å². The fourth-order valence-electron chi connectivity index (χ4n) is 1.08. The van der Waals surface area contributed by atoms with E-state index in [1.54, 1.807) is 18.2 Å². The second-order valence-electron chi connectivity index (χ2n) is 3.65. The Morgan fingerprint density at radius 2 is 2.00 bits per heavy atom. The zero-order chi connectivity index (χ0) is 11.4. The van der Waals surface area contributed by atoms with E-state index in [0.717, 1.165) is 0 Å². The fraction of sp³-hybridized carbons (Fsp3) is 0.364. The molecule has 0 heterocycles. The first-order chi connectivity index (χ1) is 7.02. The molecule has 2 N–H and O–H groups in total. The van der Waals surface area contributed by atoms with Crippen molar-refractivity contribution < 1.29 is 9.90 Å². The van der Waals surface area contributed by atoms with Gasteiger partial charge >= 0.3 is 0 Å².